The Hall–Kier alpha value is -0.480. The predicted octanol–water partition coefficient (Wildman–Crippen LogP) is 2.61. The monoisotopic (exact) mass is 263 g/mol. The first-order valence-corrected chi connectivity index (χ1v) is 5.76. The van der Waals surface area contributed by atoms with Crippen LogP contribution in [0.15, 0.2) is 18.2 Å². The molecule has 16 heavy (non-hydrogen) atoms. The van der Waals surface area contributed by atoms with Crippen molar-refractivity contribution in [3.63, 3.8) is 0 Å². The predicted molar refractivity (Wildman–Crippen MR) is 66.7 cm³/mol. The molecule has 0 spiro atoms. The second kappa shape index (κ2) is 7.74. The Bertz CT molecular complexity index is 301. The maximum Gasteiger partial charge on any atom is 0.122 e. The minimum absolute atomic E-state index is 0.570. The van der Waals surface area contributed by atoms with Crippen molar-refractivity contribution in [2.75, 3.05) is 33.4 Å². The van der Waals surface area contributed by atoms with E-state index in [2.05, 4.69) is 5.32 Å². The van der Waals surface area contributed by atoms with Crippen LogP contribution in [0.25, 0.3) is 0 Å². The average Bonchev–Trinajstić information content (AvgIpc) is 2.22. The summed E-state index contributed by atoms with van der Waals surface area (Å²) >= 11 is 11.7. The van der Waals surface area contributed by atoms with Gasteiger partial charge in [0.2, 0.25) is 0 Å². The van der Waals surface area contributed by atoms with E-state index in [-0.39, 0.29) is 0 Å². The number of halogens is 2. The topological polar surface area (TPSA) is 30.5 Å². The summed E-state index contributed by atoms with van der Waals surface area (Å²) in [6.07, 6.45) is 0. The molecule has 0 aliphatic rings. The van der Waals surface area contributed by atoms with Gasteiger partial charge in [-0.1, -0.05) is 23.2 Å². The largest absolute Gasteiger partial charge is 0.492 e. The van der Waals surface area contributed by atoms with Crippen LogP contribution < -0.4 is 10.1 Å². The SMILES string of the molecule is COCCNCCOc1cc(Cl)cc(Cl)c1. The minimum Gasteiger partial charge on any atom is -0.492 e. The van der Waals surface area contributed by atoms with Crippen molar-refractivity contribution < 1.29 is 9.47 Å². The van der Waals surface area contributed by atoms with Crippen molar-refractivity contribution in [3.8, 4) is 5.75 Å². The van der Waals surface area contributed by atoms with Gasteiger partial charge in [0.05, 0.1) is 6.61 Å². The van der Waals surface area contributed by atoms with Crippen LogP contribution >= 0.6 is 23.2 Å². The number of hydrogen-bond acceptors (Lipinski definition) is 3. The molecule has 0 saturated heterocycles. The van der Waals surface area contributed by atoms with Crippen LogP contribution in [-0.4, -0.2) is 33.4 Å². The Morgan fingerprint density at radius 2 is 1.69 bits per heavy atom. The van der Waals surface area contributed by atoms with E-state index in [0.717, 1.165) is 13.1 Å². The first-order valence-electron chi connectivity index (χ1n) is 5.01. The summed E-state index contributed by atoms with van der Waals surface area (Å²) in [5.41, 5.74) is 0. The molecule has 0 unspecified atom stereocenters. The van der Waals surface area contributed by atoms with Crippen LogP contribution in [0.1, 0.15) is 0 Å². The van der Waals surface area contributed by atoms with Crippen molar-refractivity contribution in [2.45, 2.75) is 0 Å². The highest BCUT2D eigenvalue weighted by atomic mass is 35.5. The molecule has 5 heteroatoms. The molecule has 0 aliphatic carbocycles. The summed E-state index contributed by atoms with van der Waals surface area (Å²) < 4.78 is 10.4. The number of ether oxygens (including phenoxy) is 2. The molecule has 3 nitrogen and oxygen atoms in total. The highest BCUT2D eigenvalue weighted by Gasteiger charge is 1.98. The van der Waals surface area contributed by atoms with Gasteiger partial charge >= 0.3 is 0 Å². The van der Waals surface area contributed by atoms with Crippen LogP contribution in [0.3, 0.4) is 0 Å². The van der Waals surface area contributed by atoms with E-state index in [1.165, 1.54) is 0 Å². The molecule has 1 N–H and O–H groups in total. The fraction of sp³-hybridized carbons (Fsp3) is 0.455. The molecular weight excluding hydrogens is 249 g/mol. The molecular formula is C11H15Cl2NO2. The van der Waals surface area contributed by atoms with Crippen LogP contribution in [0.4, 0.5) is 0 Å². The van der Waals surface area contributed by atoms with E-state index in [4.69, 9.17) is 32.7 Å². The highest BCUT2D eigenvalue weighted by Crippen LogP contribution is 2.23. The van der Waals surface area contributed by atoms with Gasteiger partial charge in [0.1, 0.15) is 12.4 Å². The van der Waals surface area contributed by atoms with E-state index in [9.17, 15) is 0 Å². The molecule has 0 radical (unpaired) electrons. The molecule has 0 atom stereocenters. The smallest absolute Gasteiger partial charge is 0.122 e. The molecule has 0 aromatic heterocycles. The summed E-state index contributed by atoms with van der Waals surface area (Å²) in [4.78, 5) is 0. The Morgan fingerprint density at radius 3 is 2.31 bits per heavy atom. The van der Waals surface area contributed by atoms with Crippen molar-refractivity contribution in [1.29, 1.82) is 0 Å². The second-order valence-corrected chi connectivity index (χ2v) is 4.07. The Morgan fingerprint density at radius 1 is 1.06 bits per heavy atom. The lowest BCUT2D eigenvalue weighted by molar-refractivity contribution is 0.197. The molecule has 0 amide bonds. The van der Waals surface area contributed by atoms with Gasteiger partial charge in [-0.15, -0.1) is 0 Å². The van der Waals surface area contributed by atoms with Gasteiger partial charge in [0.15, 0.2) is 0 Å². The lowest BCUT2D eigenvalue weighted by Crippen LogP contribution is -2.24. The minimum atomic E-state index is 0.570. The quantitative estimate of drug-likeness (QED) is 0.768. The summed E-state index contributed by atoms with van der Waals surface area (Å²) in [7, 11) is 1.67. The average molecular weight is 264 g/mol. The lowest BCUT2D eigenvalue weighted by Gasteiger charge is -2.08. The molecule has 0 heterocycles. The first kappa shape index (κ1) is 13.6. The normalized spacial score (nSPS) is 10.4. The number of hydrogen-bond donors (Lipinski definition) is 1. The fourth-order valence-electron chi connectivity index (χ4n) is 1.15. The Kier molecular flexibility index (Phi) is 6.57. The van der Waals surface area contributed by atoms with Gasteiger partial charge in [-0.2, -0.15) is 0 Å². The summed E-state index contributed by atoms with van der Waals surface area (Å²) in [5, 5.41) is 4.33. The van der Waals surface area contributed by atoms with Crippen molar-refractivity contribution >= 4 is 23.2 Å². The first-order chi connectivity index (χ1) is 7.72. The molecule has 1 rings (SSSR count). The van der Waals surface area contributed by atoms with Gasteiger partial charge < -0.3 is 14.8 Å². The number of nitrogens with one attached hydrogen (secondary N) is 1. The van der Waals surface area contributed by atoms with Gasteiger partial charge in [-0.3, -0.25) is 0 Å². The van der Waals surface area contributed by atoms with Gasteiger partial charge in [0, 0.05) is 30.2 Å². The van der Waals surface area contributed by atoms with E-state index in [0.29, 0.717) is 29.0 Å². The molecule has 0 fully saturated rings. The Labute approximate surface area is 106 Å². The molecule has 0 bridgehead atoms. The molecule has 90 valence electrons. The zero-order valence-electron chi connectivity index (χ0n) is 9.13. The maximum atomic E-state index is 5.83. The van der Waals surface area contributed by atoms with Crippen LogP contribution in [0.2, 0.25) is 10.0 Å². The van der Waals surface area contributed by atoms with E-state index < -0.39 is 0 Å². The molecule has 0 saturated carbocycles. The van der Waals surface area contributed by atoms with Crippen LogP contribution in [0.5, 0.6) is 5.75 Å². The fourth-order valence-corrected chi connectivity index (χ4v) is 1.66. The lowest BCUT2D eigenvalue weighted by atomic mass is 10.3. The van der Waals surface area contributed by atoms with E-state index >= 15 is 0 Å². The third kappa shape index (κ3) is 5.56. The number of rotatable bonds is 7. The molecule has 1 aromatic carbocycles. The third-order valence-corrected chi connectivity index (χ3v) is 2.30. The highest BCUT2D eigenvalue weighted by molar-refractivity contribution is 6.34. The van der Waals surface area contributed by atoms with Crippen LogP contribution in [-0.2, 0) is 4.74 Å². The number of methoxy groups -OCH3 is 1. The third-order valence-electron chi connectivity index (χ3n) is 1.87. The van der Waals surface area contributed by atoms with Gasteiger partial charge in [-0.25, -0.2) is 0 Å². The standard InChI is InChI=1S/C11H15Cl2NO2/c1-15-4-2-14-3-5-16-11-7-9(12)6-10(13)8-11/h6-8,14H,2-5H2,1H3. The van der Waals surface area contributed by atoms with Crippen molar-refractivity contribution in [2.24, 2.45) is 0 Å². The molecule has 0 aliphatic heterocycles. The summed E-state index contributed by atoms with van der Waals surface area (Å²) in [6.45, 7) is 2.84. The van der Waals surface area contributed by atoms with Crippen molar-refractivity contribution in [3.05, 3.63) is 28.2 Å². The van der Waals surface area contributed by atoms with Gasteiger partial charge in [-0.05, 0) is 18.2 Å². The summed E-state index contributed by atoms with van der Waals surface area (Å²) in [5.74, 6) is 0.686. The molecule has 1 aromatic rings. The van der Waals surface area contributed by atoms with Crippen LogP contribution in [0, 0.1) is 0 Å². The zero-order chi connectivity index (χ0) is 11.8. The maximum absolute atomic E-state index is 5.83. The Balaban J connectivity index is 2.21. The number of benzene rings is 1. The summed E-state index contributed by atoms with van der Waals surface area (Å²) in [6, 6.07) is 5.15. The van der Waals surface area contributed by atoms with E-state index in [1.54, 1.807) is 25.3 Å². The van der Waals surface area contributed by atoms with Crippen molar-refractivity contribution in [1.82, 2.24) is 5.32 Å². The van der Waals surface area contributed by atoms with E-state index in [1.807, 2.05) is 0 Å². The van der Waals surface area contributed by atoms with Gasteiger partial charge in [0.25, 0.3) is 0 Å². The zero-order valence-corrected chi connectivity index (χ0v) is 10.6. The second-order valence-electron chi connectivity index (χ2n) is 3.20.